The van der Waals surface area contributed by atoms with E-state index in [1.54, 1.807) is 11.6 Å². The van der Waals surface area contributed by atoms with Crippen molar-refractivity contribution in [3.8, 4) is 0 Å². The summed E-state index contributed by atoms with van der Waals surface area (Å²) in [5.41, 5.74) is -0.124. The van der Waals surface area contributed by atoms with Crippen molar-refractivity contribution in [3.05, 3.63) is 34.5 Å². The SMILES string of the molecule is Cn1ccnc1C1CCN(C(=O)[C@H]2CCc3nn(C)c(=O)n3C2)CC1. The minimum atomic E-state index is -0.124. The summed E-state index contributed by atoms with van der Waals surface area (Å²) in [6.45, 7) is 1.99. The van der Waals surface area contributed by atoms with Crippen LogP contribution in [-0.4, -0.2) is 47.8 Å². The third kappa shape index (κ3) is 2.79. The topological polar surface area (TPSA) is 78.0 Å². The molecular weight excluding hydrogens is 320 g/mol. The maximum absolute atomic E-state index is 12.9. The molecule has 1 saturated heterocycles. The van der Waals surface area contributed by atoms with Crippen LogP contribution in [0, 0.1) is 5.92 Å². The maximum Gasteiger partial charge on any atom is 0.345 e. The zero-order valence-corrected chi connectivity index (χ0v) is 14.8. The van der Waals surface area contributed by atoms with Crippen LogP contribution in [0.15, 0.2) is 17.2 Å². The maximum atomic E-state index is 12.9. The number of carbonyl (C=O) groups excluding carboxylic acids is 1. The zero-order valence-electron chi connectivity index (χ0n) is 14.8. The number of likely N-dealkylation sites (tertiary alicyclic amines) is 1. The van der Waals surface area contributed by atoms with Crippen LogP contribution in [0.5, 0.6) is 0 Å². The van der Waals surface area contributed by atoms with Crippen LogP contribution in [0.25, 0.3) is 0 Å². The van der Waals surface area contributed by atoms with E-state index in [9.17, 15) is 9.59 Å². The van der Waals surface area contributed by atoms with E-state index in [1.807, 2.05) is 24.3 Å². The standard InChI is InChI=1S/C17H24N6O2/c1-20-10-7-18-15(20)12-5-8-22(9-6-12)16(24)13-3-4-14-19-21(2)17(25)23(14)11-13/h7,10,12-13H,3-6,8-9,11H2,1-2H3/t13-/m0/s1. The predicted octanol–water partition coefficient (Wildman–Crippen LogP) is 0.284. The van der Waals surface area contributed by atoms with Gasteiger partial charge in [0.1, 0.15) is 11.6 Å². The number of aryl methyl sites for hydroxylation is 3. The molecule has 4 rings (SSSR count). The Balaban J connectivity index is 1.40. The molecule has 4 heterocycles. The first kappa shape index (κ1) is 16.1. The summed E-state index contributed by atoms with van der Waals surface area (Å²) in [7, 11) is 3.68. The molecule has 1 amide bonds. The third-order valence-corrected chi connectivity index (χ3v) is 5.58. The van der Waals surface area contributed by atoms with Crippen molar-refractivity contribution in [2.75, 3.05) is 13.1 Å². The summed E-state index contributed by atoms with van der Waals surface area (Å²) in [5.74, 6) is 2.39. The molecular formula is C17H24N6O2. The van der Waals surface area contributed by atoms with Gasteiger partial charge in [-0.15, -0.1) is 0 Å². The second kappa shape index (κ2) is 6.16. The van der Waals surface area contributed by atoms with Gasteiger partial charge in [-0.25, -0.2) is 14.5 Å². The minimum absolute atomic E-state index is 0.112. The number of rotatable bonds is 2. The van der Waals surface area contributed by atoms with Crippen LogP contribution >= 0.6 is 0 Å². The van der Waals surface area contributed by atoms with Gasteiger partial charge in [0.25, 0.3) is 0 Å². The zero-order chi connectivity index (χ0) is 17.6. The average Bonchev–Trinajstić information content (AvgIpc) is 3.18. The monoisotopic (exact) mass is 344 g/mol. The molecule has 0 saturated carbocycles. The van der Waals surface area contributed by atoms with Crippen molar-refractivity contribution < 1.29 is 4.79 Å². The largest absolute Gasteiger partial charge is 0.345 e. The number of amides is 1. The number of hydrogen-bond acceptors (Lipinski definition) is 4. The molecule has 0 unspecified atom stereocenters. The van der Waals surface area contributed by atoms with E-state index in [4.69, 9.17) is 0 Å². The molecule has 1 fully saturated rings. The van der Waals surface area contributed by atoms with E-state index in [0.29, 0.717) is 18.9 Å². The number of aromatic nitrogens is 5. The highest BCUT2D eigenvalue weighted by molar-refractivity contribution is 5.79. The Kier molecular flexibility index (Phi) is 3.97. The first-order valence-corrected chi connectivity index (χ1v) is 8.93. The molecule has 134 valence electrons. The van der Waals surface area contributed by atoms with Gasteiger partial charge in [0.05, 0.1) is 5.92 Å². The molecule has 2 aliphatic heterocycles. The first-order valence-electron chi connectivity index (χ1n) is 8.93. The lowest BCUT2D eigenvalue weighted by Crippen LogP contribution is -2.44. The number of hydrogen-bond donors (Lipinski definition) is 0. The molecule has 25 heavy (non-hydrogen) atoms. The Morgan fingerprint density at radius 1 is 1.20 bits per heavy atom. The molecule has 0 spiro atoms. The molecule has 0 N–H and O–H groups in total. The number of imidazole rings is 1. The van der Waals surface area contributed by atoms with E-state index in [-0.39, 0.29) is 17.5 Å². The highest BCUT2D eigenvalue weighted by Gasteiger charge is 2.33. The molecule has 8 heteroatoms. The van der Waals surface area contributed by atoms with Crippen LogP contribution in [0.3, 0.4) is 0 Å². The third-order valence-electron chi connectivity index (χ3n) is 5.58. The van der Waals surface area contributed by atoms with Crippen molar-refractivity contribution >= 4 is 5.91 Å². The molecule has 2 aromatic rings. The first-order chi connectivity index (χ1) is 12.0. The van der Waals surface area contributed by atoms with Crippen LogP contribution in [0.1, 0.15) is 36.8 Å². The summed E-state index contributed by atoms with van der Waals surface area (Å²) in [6.07, 6.45) is 7.16. The Bertz CT molecular complexity index is 840. The normalized spacial score (nSPS) is 21.4. The fraction of sp³-hybridized carbons (Fsp3) is 0.647. The Hall–Kier alpha value is -2.38. The van der Waals surface area contributed by atoms with E-state index >= 15 is 0 Å². The molecule has 0 bridgehead atoms. The van der Waals surface area contributed by atoms with Gasteiger partial charge in [0.15, 0.2) is 0 Å². The van der Waals surface area contributed by atoms with Gasteiger partial charge in [0, 0.05) is 58.5 Å². The summed E-state index contributed by atoms with van der Waals surface area (Å²) in [4.78, 5) is 31.4. The number of fused-ring (bicyclic) bond motifs is 1. The Morgan fingerprint density at radius 3 is 2.64 bits per heavy atom. The highest BCUT2D eigenvalue weighted by atomic mass is 16.2. The Morgan fingerprint density at radius 2 is 1.96 bits per heavy atom. The fourth-order valence-corrected chi connectivity index (χ4v) is 4.13. The van der Waals surface area contributed by atoms with Crippen molar-refractivity contribution in [1.82, 2.24) is 28.8 Å². The summed E-state index contributed by atoms with van der Waals surface area (Å²) in [5, 5.41) is 4.24. The second-order valence-corrected chi connectivity index (χ2v) is 7.16. The number of piperidine rings is 1. The Labute approximate surface area is 146 Å². The van der Waals surface area contributed by atoms with Crippen molar-refractivity contribution in [1.29, 1.82) is 0 Å². The van der Waals surface area contributed by atoms with Crippen LogP contribution in [0.4, 0.5) is 0 Å². The summed E-state index contributed by atoms with van der Waals surface area (Å²) < 4.78 is 5.09. The summed E-state index contributed by atoms with van der Waals surface area (Å²) in [6, 6.07) is 0. The molecule has 8 nitrogen and oxygen atoms in total. The van der Waals surface area contributed by atoms with E-state index in [1.165, 1.54) is 4.68 Å². The van der Waals surface area contributed by atoms with Gasteiger partial charge in [-0.1, -0.05) is 0 Å². The molecule has 2 aliphatic rings. The summed E-state index contributed by atoms with van der Waals surface area (Å²) >= 11 is 0. The average molecular weight is 344 g/mol. The molecule has 0 aromatic carbocycles. The smallest absolute Gasteiger partial charge is 0.342 e. The molecule has 1 atom stereocenters. The molecule has 0 radical (unpaired) electrons. The lowest BCUT2D eigenvalue weighted by molar-refractivity contribution is -0.137. The quantitative estimate of drug-likeness (QED) is 0.784. The van der Waals surface area contributed by atoms with Gasteiger partial charge in [-0.3, -0.25) is 9.36 Å². The van der Waals surface area contributed by atoms with Crippen molar-refractivity contribution in [2.45, 2.75) is 38.1 Å². The van der Waals surface area contributed by atoms with Crippen LogP contribution in [0.2, 0.25) is 0 Å². The van der Waals surface area contributed by atoms with E-state index in [0.717, 1.165) is 44.0 Å². The van der Waals surface area contributed by atoms with Gasteiger partial charge in [-0.05, 0) is 19.3 Å². The minimum Gasteiger partial charge on any atom is -0.342 e. The van der Waals surface area contributed by atoms with Gasteiger partial charge < -0.3 is 9.47 Å². The molecule has 2 aromatic heterocycles. The second-order valence-electron chi connectivity index (χ2n) is 7.16. The van der Waals surface area contributed by atoms with Gasteiger partial charge >= 0.3 is 5.69 Å². The number of nitrogens with zero attached hydrogens (tertiary/aromatic N) is 6. The van der Waals surface area contributed by atoms with Gasteiger partial charge in [-0.2, -0.15) is 5.10 Å². The van der Waals surface area contributed by atoms with Crippen molar-refractivity contribution in [3.63, 3.8) is 0 Å². The highest BCUT2D eigenvalue weighted by Crippen LogP contribution is 2.28. The lowest BCUT2D eigenvalue weighted by Gasteiger charge is -2.35. The molecule has 0 aliphatic carbocycles. The van der Waals surface area contributed by atoms with Crippen molar-refractivity contribution in [2.24, 2.45) is 20.0 Å². The fourth-order valence-electron chi connectivity index (χ4n) is 4.13. The van der Waals surface area contributed by atoms with Crippen LogP contribution < -0.4 is 5.69 Å². The predicted molar refractivity (Wildman–Crippen MR) is 91.0 cm³/mol. The van der Waals surface area contributed by atoms with Crippen LogP contribution in [-0.2, 0) is 31.9 Å². The van der Waals surface area contributed by atoms with Gasteiger partial charge in [0.2, 0.25) is 5.91 Å². The van der Waals surface area contributed by atoms with E-state index < -0.39 is 0 Å². The number of carbonyl (C=O) groups is 1. The lowest BCUT2D eigenvalue weighted by atomic mass is 9.93. The van der Waals surface area contributed by atoms with E-state index in [2.05, 4.69) is 14.6 Å².